The Kier molecular flexibility index (Phi) is 4.62. The number of hydrogen-bond acceptors (Lipinski definition) is 5. The summed E-state index contributed by atoms with van der Waals surface area (Å²) >= 11 is 0. The Morgan fingerprint density at radius 3 is 2.80 bits per heavy atom. The molecule has 0 bridgehead atoms. The summed E-state index contributed by atoms with van der Waals surface area (Å²) in [5.74, 6) is 0.369. The van der Waals surface area contributed by atoms with E-state index in [1.54, 1.807) is 24.3 Å². The van der Waals surface area contributed by atoms with Crippen molar-refractivity contribution in [2.75, 3.05) is 6.61 Å². The van der Waals surface area contributed by atoms with Gasteiger partial charge in [-0.25, -0.2) is 9.79 Å². The third-order valence-corrected chi connectivity index (χ3v) is 3.84. The highest BCUT2D eigenvalue weighted by molar-refractivity contribution is 6.12. The minimum absolute atomic E-state index is 0.0306. The molecule has 5 heteroatoms. The van der Waals surface area contributed by atoms with Crippen LogP contribution in [0.1, 0.15) is 22.3 Å². The van der Waals surface area contributed by atoms with Gasteiger partial charge in [0.15, 0.2) is 12.3 Å². The van der Waals surface area contributed by atoms with Crippen LogP contribution in [0.15, 0.2) is 53.2 Å². The van der Waals surface area contributed by atoms with Gasteiger partial charge in [0.05, 0.1) is 0 Å². The van der Waals surface area contributed by atoms with Gasteiger partial charge in [-0.05, 0) is 60.9 Å². The van der Waals surface area contributed by atoms with E-state index in [1.165, 1.54) is 5.56 Å². The van der Waals surface area contributed by atoms with Crippen LogP contribution in [-0.2, 0) is 9.53 Å². The number of rotatable bonds is 4. The number of ether oxygens (including phenoxy) is 2. The van der Waals surface area contributed by atoms with Gasteiger partial charge in [0, 0.05) is 5.56 Å². The highest BCUT2D eigenvalue weighted by atomic mass is 16.6. The van der Waals surface area contributed by atoms with Gasteiger partial charge in [0.2, 0.25) is 5.90 Å². The van der Waals surface area contributed by atoms with Gasteiger partial charge in [-0.1, -0.05) is 18.2 Å². The number of hydrogen-bond donors (Lipinski definition) is 0. The molecular weight excluding hydrogens is 316 g/mol. The number of aryl methyl sites for hydroxylation is 2. The van der Waals surface area contributed by atoms with E-state index in [1.807, 2.05) is 44.2 Å². The third kappa shape index (κ3) is 3.75. The quantitative estimate of drug-likeness (QED) is 0.634. The molecule has 0 aliphatic carbocycles. The number of carbonyl (C=O) groups excluding carboxylic acids is 1. The first-order valence-electron chi connectivity index (χ1n) is 7.77. The molecule has 3 rings (SSSR count). The zero-order chi connectivity index (χ0) is 17.8. The molecule has 124 valence electrons. The van der Waals surface area contributed by atoms with Crippen molar-refractivity contribution in [2.45, 2.75) is 13.8 Å². The van der Waals surface area contributed by atoms with Crippen molar-refractivity contribution in [1.82, 2.24) is 0 Å². The molecule has 0 saturated heterocycles. The van der Waals surface area contributed by atoms with Crippen molar-refractivity contribution in [3.63, 3.8) is 0 Å². The number of benzene rings is 2. The van der Waals surface area contributed by atoms with Crippen molar-refractivity contribution in [1.29, 1.82) is 5.26 Å². The van der Waals surface area contributed by atoms with Crippen LogP contribution in [0.4, 0.5) is 0 Å². The third-order valence-electron chi connectivity index (χ3n) is 3.84. The van der Waals surface area contributed by atoms with Crippen molar-refractivity contribution < 1.29 is 14.3 Å². The second kappa shape index (κ2) is 7.02. The van der Waals surface area contributed by atoms with Gasteiger partial charge in [0.1, 0.15) is 11.8 Å². The van der Waals surface area contributed by atoms with Crippen molar-refractivity contribution in [3.05, 3.63) is 70.4 Å². The maximum absolute atomic E-state index is 12.1. The fraction of sp³-hybridized carbons (Fsp3) is 0.150. The first-order chi connectivity index (χ1) is 12.1. The van der Waals surface area contributed by atoms with E-state index in [-0.39, 0.29) is 12.3 Å². The number of esters is 1. The Hall–Kier alpha value is -3.39. The first kappa shape index (κ1) is 16.5. The Bertz CT molecular complexity index is 936. The maximum atomic E-state index is 12.1. The molecule has 0 fully saturated rings. The Morgan fingerprint density at radius 1 is 1.20 bits per heavy atom. The van der Waals surface area contributed by atoms with E-state index >= 15 is 0 Å². The van der Waals surface area contributed by atoms with E-state index < -0.39 is 5.97 Å². The molecule has 1 aliphatic rings. The fourth-order valence-corrected chi connectivity index (χ4v) is 2.37. The minimum Gasteiger partial charge on any atom is -0.479 e. The van der Waals surface area contributed by atoms with E-state index in [0.717, 1.165) is 16.7 Å². The van der Waals surface area contributed by atoms with Crippen molar-refractivity contribution in [2.24, 2.45) is 4.99 Å². The van der Waals surface area contributed by atoms with E-state index in [0.29, 0.717) is 11.6 Å². The van der Waals surface area contributed by atoms with Crippen molar-refractivity contribution in [3.8, 4) is 11.8 Å². The molecular formula is C20H16N2O3. The molecule has 0 atom stereocenters. The summed E-state index contributed by atoms with van der Waals surface area (Å²) in [5, 5.41) is 8.57. The number of nitrogens with zero attached hydrogens (tertiary/aromatic N) is 2. The van der Waals surface area contributed by atoms with Crippen LogP contribution in [0.3, 0.4) is 0 Å². The molecule has 25 heavy (non-hydrogen) atoms. The minimum atomic E-state index is -0.489. The summed E-state index contributed by atoms with van der Waals surface area (Å²) in [6.07, 6.45) is 1.63. The lowest BCUT2D eigenvalue weighted by molar-refractivity contribution is -0.129. The normalized spacial score (nSPS) is 14.8. The number of aliphatic imine (C=N–C) groups is 1. The summed E-state index contributed by atoms with van der Waals surface area (Å²) < 4.78 is 10.6. The second-order valence-electron chi connectivity index (χ2n) is 5.65. The van der Waals surface area contributed by atoms with Gasteiger partial charge in [-0.15, -0.1) is 0 Å². The largest absolute Gasteiger partial charge is 0.479 e. The smallest absolute Gasteiger partial charge is 0.363 e. The van der Waals surface area contributed by atoms with Gasteiger partial charge in [-0.2, -0.15) is 5.26 Å². The van der Waals surface area contributed by atoms with Crippen molar-refractivity contribution >= 4 is 17.9 Å². The molecule has 1 aliphatic heterocycles. The van der Waals surface area contributed by atoms with Gasteiger partial charge in [-0.3, -0.25) is 0 Å². The lowest BCUT2D eigenvalue weighted by Gasteiger charge is -2.03. The average molecular weight is 332 g/mol. The summed E-state index contributed by atoms with van der Waals surface area (Å²) in [6, 6.07) is 14.8. The zero-order valence-electron chi connectivity index (χ0n) is 13.9. The molecule has 0 amide bonds. The maximum Gasteiger partial charge on any atom is 0.363 e. The summed E-state index contributed by atoms with van der Waals surface area (Å²) in [6.45, 7) is 3.99. The highest BCUT2D eigenvalue weighted by Crippen LogP contribution is 2.22. The predicted octanol–water partition coefficient (Wildman–Crippen LogP) is 3.55. The predicted molar refractivity (Wildman–Crippen MR) is 94.1 cm³/mol. The van der Waals surface area contributed by atoms with Gasteiger partial charge in [0.25, 0.3) is 0 Å². The molecule has 0 N–H and O–H groups in total. The number of nitriles is 1. The van der Waals surface area contributed by atoms with Gasteiger partial charge < -0.3 is 9.47 Å². The summed E-state index contributed by atoms with van der Waals surface area (Å²) in [4.78, 5) is 16.4. The Morgan fingerprint density at radius 2 is 2.04 bits per heavy atom. The monoisotopic (exact) mass is 332 g/mol. The van der Waals surface area contributed by atoms with Crippen LogP contribution < -0.4 is 4.74 Å². The molecule has 5 nitrogen and oxygen atoms in total. The SMILES string of the molecule is Cc1ccc(C2=N/C(=C\c3cccc(OCC#N)c3)C(=O)O2)cc1C. The Balaban J connectivity index is 1.88. The molecule has 0 saturated carbocycles. The fourth-order valence-electron chi connectivity index (χ4n) is 2.37. The lowest BCUT2D eigenvalue weighted by Crippen LogP contribution is -2.05. The molecule has 0 aromatic heterocycles. The highest BCUT2D eigenvalue weighted by Gasteiger charge is 2.24. The van der Waals surface area contributed by atoms with Crippen LogP contribution in [0.25, 0.3) is 6.08 Å². The van der Waals surface area contributed by atoms with E-state index in [9.17, 15) is 4.79 Å². The molecule has 1 heterocycles. The van der Waals surface area contributed by atoms with Crippen LogP contribution in [0.5, 0.6) is 5.75 Å². The second-order valence-corrected chi connectivity index (χ2v) is 5.65. The lowest BCUT2D eigenvalue weighted by atomic mass is 10.1. The summed E-state index contributed by atoms with van der Waals surface area (Å²) in [5.41, 5.74) is 4.01. The van der Waals surface area contributed by atoms with Crippen LogP contribution in [-0.4, -0.2) is 18.5 Å². The standard InChI is InChI=1S/C20H16N2O3/c1-13-6-7-16(10-14(13)2)19-22-18(20(23)25-19)12-15-4-3-5-17(11-15)24-9-8-21/h3-7,10-12H,9H2,1-2H3/b18-12-. The average Bonchev–Trinajstić information content (AvgIpc) is 2.96. The topological polar surface area (TPSA) is 71.7 Å². The first-order valence-corrected chi connectivity index (χ1v) is 7.77. The van der Waals surface area contributed by atoms with Crippen LogP contribution in [0, 0.1) is 25.2 Å². The van der Waals surface area contributed by atoms with Crippen LogP contribution in [0.2, 0.25) is 0 Å². The Labute approximate surface area is 145 Å². The number of cyclic esters (lactones) is 1. The zero-order valence-corrected chi connectivity index (χ0v) is 13.9. The molecule has 2 aromatic carbocycles. The summed E-state index contributed by atoms with van der Waals surface area (Å²) in [7, 11) is 0. The number of carbonyl (C=O) groups is 1. The van der Waals surface area contributed by atoms with Gasteiger partial charge >= 0.3 is 5.97 Å². The molecule has 0 spiro atoms. The van der Waals surface area contributed by atoms with E-state index in [4.69, 9.17) is 14.7 Å². The van der Waals surface area contributed by atoms with Crippen LogP contribution >= 0.6 is 0 Å². The van der Waals surface area contributed by atoms with E-state index in [2.05, 4.69) is 4.99 Å². The molecule has 0 unspecified atom stereocenters. The molecule has 0 radical (unpaired) electrons. The molecule has 2 aromatic rings.